The van der Waals surface area contributed by atoms with E-state index in [2.05, 4.69) is 4.72 Å². The van der Waals surface area contributed by atoms with Gasteiger partial charge in [-0.25, -0.2) is 13.1 Å². The van der Waals surface area contributed by atoms with Crippen LogP contribution in [0.5, 0.6) is 0 Å². The van der Waals surface area contributed by atoms with E-state index in [1.54, 1.807) is 28.3 Å². The maximum absolute atomic E-state index is 12.4. The van der Waals surface area contributed by atoms with Gasteiger partial charge in [-0.15, -0.1) is 11.3 Å². The normalized spacial score (nSPS) is 26.6. The Morgan fingerprint density at radius 3 is 2.80 bits per heavy atom. The Balaban J connectivity index is 1.56. The summed E-state index contributed by atoms with van der Waals surface area (Å²) in [5.41, 5.74) is 0. The maximum atomic E-state index is 12.4. The van der Waals surface area contributed by atoms with E-state index in [0.717, 1.165) is 30.7 Å². The Morgan fingerprint density at radius 2 is 2.12 bits per heavy atom. The molecule has 2 aliphatic rings. The Kier molecular flexibility index (Phi) is 5.17. The number of piperidine rings is 1. The SMILES string of the molecule is CN1C[C@H]2C[C@@H](N(C)C(=O)CNS(=O)(=O)c3cccs3)C[C@H]2CC1=O. The lowest BCUT2D eigenvalue weighted by molar-refractivity contribution is -0.135. The van der Waals surface area contributed by atoms with E-state index < -0.39 is 10.0 Å². The number of fused-ring (bicyclic) bond motifs is 1. The number of rotatable bonds is 5. The largest absolute Gasteiger partial charge is 0.345 e. The van der Waals surface area contributed by atoms with Crippen LogP contribution < -0.4 is 4.72 Å². The van der Waals surface area contributed by atoms with Crippen molar-refractivity contribution in [1.82, 2.24) is 14.5 Å². The fourth-order valence-corrected chi connectivity index (χ4v) is 5.79. The predicted octanol–water partition coefficient (Wildman–Crippen LogP) is 0.742. The highest BCUT2D eigenvalue weighted by molar-refractivity contribution is 7.91. The van der Waals surface area contributed by atoms with E-state index in [1.807, 2.05) is 7.05 Å². The van der Waals surface area contributed by atoms with Crippen molar-refractivity contribution in [3.8, 4) is 0 Å². The molecule has 1 aliphatic carbocycles. The molecule has 1 saturated carbocycles. The molecule has 1 N–H and O–H groups in total. The second kappa shape index (κ2) is 7.05. The molecule has 3 rings (SSSR count). The van der Waals surface area contributed by atoms with E-state index in [0.29, 0.717) is 18.3 Å². The molecule has 2 amide bonds. The van der Waals surface area contributed by atoms with Crippen molar-refractivity contribution in [2.75, 3.05) is 27.2 Å². The van der Waals surface area contributed by atoms with Gasteiger partial charge in [-0.1, -0.05) is 6.07 Å². The van der Waals surface area contributed by atoms with Crippen molar-refractivity contribution in [3.63, 3.8) is 0 Å². The molecule has 2 fully saturated rings. The first-order valence-electron chi connectivity index (χ1n) is 8.30. The number of carbonyl (C=O) groups excluding carboxylic acids is 2. The molecule has 2 heterocycles. The third-order valence-corrected chi connectivity index (χ3v) is 8.10. The van der Waals surface area contributed by atoms with Crippen LogP contribution >= 0.6 is 11.3 Å². The molecule has 1 aromatic rings. The minimum absolute atomic E-state index is 0.0630. The molecule has 0 aromatic carbocycles. The number of sulfonamides is 1. The summed E-state index contributed by atoms with van der Waals surface area (Å²) >= 11 is 1.12. The molecule has 0 spiro atoms. The van der Waals surface area contributed by atoms with E-state index in [-0.39, 0.29) is 28.6 Å². The Hall–Kier alpha value is -1.45. The summed E-state index contributed by atoms with van der Waals surface area (Å²) in [6, 6.07) is 3.23. The van der Waals surface area contributed by atoms with Crippen LogP contribution in [0.25, 0.3) is 0 Å². The van der Waals surface area contributed by atoms with E-state index in [4.69, 9.17) is 0 Å². The third kappa shape index (κ3) is 3.88. The first-order chi connectivity index (χ1) is 11.8. The predicted molar refractivity (Wildman–Crippen MR) is 94.5 cm³/mol. The number of hydrogen-bond donors (Lipinski definition) is 1. The maximum Gasteiger partial charge on any atom is 0.250 e. The van der Waals surface area contributed by atoms with E-state index >= 15 is 0 Å². The van der Waals surface area contributed by atoms with Gasteiger partial charge in [0, 0.05) is 33.1 Å². The van der Waals surface area contributed by atoms with Crippen LogP contribution in [0.4, 0.5) is 0 Å². The summed E-state index contributed by atoms with van der Waals surface area (Å²) < 4.78 is 26.8. The molecule has 7 nitrogen and oxygen atoms in total. The van der Waals surface area contributed by atoms with Gasteiger partial charge in [0.1, 0.15) is 4.21 Å². The first kappa shape index (κ1) is 18.3. The number of likely N-dealkylation sites (tertiary alicyclic amines) is 1. The average Bonchev–Trinajstić information content (AvgIpc) is 3.22. The highest BCUT2D eigenvalue weighted by atomic mass is 32.2. The standard InChI is InChI=1S/C16H23N3O4S2/c1-18-10-12-7-13(6-11(12)8-14(18)20)19(2)15(21)9-17-25(22,23)16-4-3-5-24-16/h3-5,11-13,17H,6-10H2,1-2H3/t11-,12+,13-/m0/s1. The van der Waals surface area contributed by atoms with Crippen molar-refractivity contribution in [2.45, 2.75) is 29.5 Å². The van der Waals surface area contributed by atoms with Crippen LogP contribution in [-0.4, -0.2) is 63.3 Å². The van der Waals surface area contributed by atoms with Crippen molar-refractivity contribution >= 4 is 33.2 Å². The van der Waals surface area contributed by atoms with E-state index in [9.17, 15) is 18.0 Å². The number of thiophene rings is 1. The summed E-state index contributed by atoms with van der Waals surface area (Å²) in [4.78, 5) is 27.7. The molecule has 0 radical (unpaired) electrons. The molecule has 3 atom stereocenters. The quantitative estimate of drug-likeness (QED) is 0.810. The first-order valence-corrected chi connectivity index (χ1v) is 10.7. The Bertz CT molecular complexity index is 747. The van der Waals surface area contributed by atoms with E-state index in [1.165, 1.54) is 6.07 Å². The average molecular weight is 386 g/mol. The van der Waals surface area contributed by atoms with Crippen LogP contribution in [0.2, 0.25) is 0 Å². The van der Waals surface area contributed by atoms with Crippen molar-refractivity contribution < 1.29 is 18.0 Å². The molecule has 25 heavy (non-hydrogen) atoms. The highest BCUT2D eigenvalue weighted by Crippen LogP contribution is 2.39. The molecule has 138 valence electrons. The van der Waals surface area contributed by atoms with Gasteiger partial charge in [0.2, 0.25) is 11.8 Å². The summed E-state index contributed by atoms with van der Waals surface area (Å²) in [5.74, 6) is 0.667. The van der Waals surface area contributed by atoms with Gasteiger partial charge in [-0.05, 0) is 36.1 Å². The highest BCUT2D eigenvalue weighted by Gasteiger charge is 2.42. The number of carbonyl (C=O) groups is 2. The topological polar surface area (TPSA) is 86.8 Å². The minimum Gasteiger partial charge on any atom is -0.345 e. The molecule has 9 heteroatoms. The zero-order valence-electron chi connectivity index (χ0n) is 14.3. The molecule has 0 unspecified atom stereocenters. The summed E-state index contributed by atoms with van der Waals surface area (Å²) in [6.07, 6.45) is 2.22. The van der Waals surface area contributed by atoms with Gasteiger partial charge in [0.15, 0.2) is 0 Å². The van der Waals surface area contributed by atoms with Crippen molar-refractivity contribution in [3.05, 3.63) is 17.5 Å². The van der Waals surface area contributed by atoms with Gasteiger partial charge >= 0.3 is 0 Å². The Labute approximate surface area is 152 Å². The molecule has 1 aliphatic heterocycles. The van der Waals surface area contributed by atoms with Crippen LogP contribution in [0, 0.1) is 11.8 Å². The van der Waals surface area contributed by atoms with Crippen LogP contribution in [0.1, 0.15) is 19.3 Å². The zero-order chi connectivity index (χ0) is 18.2. The van der Waals surface area contributed by atoms with Gasteiger partial charge in [0.05, 0.1) is 6.54 Å². The smallest absolute Gasteiger partial charge is 0.250 e. The van der Waals surface area contributed by atoms with Crippen LogP contribution in [-0.2, 0) is 19.6 Å². The van der Waals surface area contributed by atoms with Gasteiger partial charge in [-0.3, -0.25) is 9.59 Å². The summed E-state index contributed by atoms with van der Waals surface area (Å²) in [7, 11) is -0.0977. The van der Waals surface area contributed by atoms with Gasteiger partial charge in [-0.2, -0.15) is 0 Å². The number of amides is 2. The number of nitrogens with one attached hydrogen (secondary N) is 1. The minimum atomic E-state index is -3.63. The number of nitrogens with zero attached hydrogens (tertiary/aromatic N) is 2. The fourth-order valence-electron chi connectivity index (χ4n) is 3.78. The zero-order valence-corrected chi connectivity index (χ0v) is 16.0. The Morgan fingerprint density at radius 1 is 1.40 bits per heavy atom. The lowest BCUT2D eigenvalue weighted by Crippen LogP contribution is -2.42. The summed E-state index contributed by atoms with van der Waals surface area (Å²) in [5, 5.41) is 1.68. The second-order valence-electron chi connectivity index (χ2n) is 6.89. The van der Waals surface area contributed by atoms with Crippen molar-refractivity contribution in [1.29, 1.82) is 0 Å². The lowest BCUT2D eigenvalue weighted by atomic mass is 9.88. The number of hydrogen-bond acceptors (Lipinski definition) is 5. The second-order valence-corrected chi connectivity index (χ2v) is 9.83. The fraction of sp³-hybridized carbons (Fsp3) is 0.625. The lowest BCUT2D eigenvalue weighted by Gasteiger charge is -2.31. The third-order valence-electron chi connectivity index (χ3n) is 5.30. The van der Waals surface area contributed by atoms with Gasteiger partial charge < -0.3 is 9.80 Å². The monoisotopic (exact) mass is 385 g/mol. The molecule has 1 aromatic heterocycles. The van der Waals surface area contributed by atoms with Crippen LogP contribution in [0.3, 0.4) is 0 Å². The number of likely N-dealkylation sites (N-methyl/N-ethyl adjacent to an activating group) is 1. The van der Waals surface area contributed by atoms with Crippen molar-refractivity contribution in [2.24, 2.45) is 11.8 Å². The molecular formula is C16H23N3O4S2. The van der Waals surface area contributed by atoms with Gasteiger partial charge in [0.25, 0.3) is 10.0 Å². The molecule has 0 bridgehead atoms. The molecule has 1 saturated heterocycles. The van der Waals surface area contributed by atoms with Crippen LogP contribution in [0.15, 0.2) is 21.7 Å². The summed E-state index contributed by atoms with van der Waals surface area (Å²) in [6.45, 7) is 0.494. The molecular weight excluding hydrogens is 362 g/mol.